The zero-order valence-corrected chi connectivity index (χ0v) is 23.8. The summed E-state index contributed by atoms with van der Waals surface area (Å²) in [6.45, 7) is 5.58. The SMILES string of the molecule is CCCCOc1c(-c2ncc(Cc3ccc(F)cc3)s2)nc2c(N3CCCC3=O)cc(N3CCOCC3)cn2c1=O. The lowest BCUT2D eigenvalue weighted by Crippen LogP contribution is -2.37. The minimum atomic E-state index is -0.334. The molecule has 11 heteroatoms. The average molecular weight is 578 g/mol. The van der Waals surface area contributed by atoms with Gasteiger partial charge < -0.3 is 19.3 Å². The third kappa shape index (κ3) is 5.69. The maximum atomic E-state index is 14.1. The number of carbonyl (C=O) groups excluding carboxylic acids is 1. The minimum absolute atomic E-state index is 0.0148. The second-order valence-corrected chi connectivity index (χ2v) is 11.4. The van der Waals surface area contributed by atoms with Crippen molar-refractivity contribution < 1.29 is 18.7 Å². The van der Waals surface area contributed by atoms with Gasteiger partial charge in [0.1, 0.15) is 16.5 Å². The summed E-state index contributed by atoms with van der Waals surface area (Å²) in [7, 11) is 0. The van der Waals surface area contributed by atoms with E-state index in [1.54, 1.807) is 29.4 Å². The number of anilines is 2. The molecule has 0 unspecified atom stereocenters. The van der Waals surface area contributed by atoms with Crippen LogP contribution in [0, 0.1) is 5.82 Å². The first kappa shape index (κ1) is 27.3. The fourth-order valence-corrected chi connectivity index (χ4v) is 6.12. The molecular weight excluding hydrogens is 545 g/mol. The number of pyridine rings is 1. The molecular formula is C30H32FN5O4S. The van der Waals surface area contributed by atoms with E-state index in [0.29, 0.717) is 74.3 Å². The summed E-state index contributed by atoms with van der Waals surface area (Å²) in [5, 5.41) is 0.559. The van der Waals surface area contributed by atoms with E-state index < -0.39 is 0 Å². The van der Waals surface area contributed by atoms with Gasteiger partial charge in [0.25, 0.3) is 0 Å². The number of ether oxygens (including phenoxy) is 2. The van der Waals surface area contributed by atoms with Gasteiger partial charge in [-0.3, -0.25) is 14.0 Å². The van der Waals surface area contributed by atoms with Crippen LogP contribution in [0.3, 0.4) is 0 Å². The third-order valence-electron chi connectivity index (χ3n) is 7.38. The van der Waals surface area contributed by atoms with Crippen LogP contribution in [0.15, 0.2) is 47.5 Å². The smallest absolute Gasteiger partial charge is 0.301 e. The van der Waals surface area contributed by atoms with Crippen LogP contribution >= 0.6 is 11.3 Å². The highest BCUT2D eigenvalue weighted by atomic mass is 32.1. The molecule has 9 nitrogen and oxygen atoms in total. The minimum Gasteiger partial charge on any atom is -0.486 e. The van der Waals surface area contributed by atoms with Crippen molar-refractivity contribution in [3.63, 3.8) is 0 Å². The summed E-state index contributed by atoms with van der Waals surface area (Å²) < 4.78 is 26.5. The van der Waals surface area contributed by atoms with Crippen molar-refractivity contribution in [3.05, 3.63) is 69.3 Å². The molecule has 0 atom stereocenters. The van der Waals surface area contributed by atoms with Crippen LogP contribution in [0.5, 0.6) is 5.75 Å². The number of halogens is 1. The van der Waals surface area contributed by atoms with Crippen molar-refractivity contribution in [1.29, 1.82) is 0 Å². The summed E-state index contributed by atoms with van der Waals surface area (Å²) in [4.78, 5) is 41.5. The van der Waals surface area contributed by atoms with E-state index in [9.17, 15) is 14.0 Å². The molecule has 0 bridgehead atoms. The van der Waals surface area contributed by atoms with E-state index in [4.69, 9.17) is 14.5 Å². The number of unbranched alkanes of at least 4 members (excludes halogenated alkanes) is 1. The maximum Gasteiger partial charge on any atom is 0.301 e. The number of amides is 1. The molecule has 2 fully saturated rings. The van der Waals surface area contributed by atoms with Crippen LogP contribution in [0.25, 0.3) is 16.3 Å². The molecule has 0 N–H and O–H groups in total. The van der Waals surface area contributed by atoms with Gasteiger partial charge in [-0.15, -0.1) is 11.3 Å². The molecule has 2 aliphatic heterocycles. The zero-order valence-electron chi connectivity index (χ0n) is 23.0. The lowest BCUT2D eigenvalue weighted by atomic mass is 10.1. The summed E-state index contributed by atoms with van der Waals surface area (Å²) in [5.41, 5.74) is 2.84. The Bertz CT molecular complexity index is 1610. The summed E-state index contributed by atoms with van der Waals surface area (Å²) in [6, 6.07) is 8.34. The Balaban J connectivity index is 1.49. The monoisotopic (exact) mass is 577 g/mol. The quantitative estimate of drug-likeness (QED) is 0.267. The Morgan fingerprint density at radius 2 is 1.93 bits per heavy atom. The van der Waals surface area contributed by atoms with Gasteiger partial charge in [-0.2, -0.15) is 0 Å². The Hall–Kier alpha value is -3.83. The van der Waals surface area contributed by atoms with Gasteiger partial charge in [0.15, 0.2) is 5.65 Å². The summed E-state index contributed by atoms with van der Waals surface area (Å²) in [6.07, 6.45) is 7.04. The predicted octanol–water partition coefficient (Wildman–Crippen LogP) is 4.69. The molecule has 1 amide bonds. The van der Waals surface area contributed by atoms with Crippen LogP contribution in [-0.4, -0.2) is 59.7 Å². The molecule has 0 radical (unpaired) electrons. The first-order valence-electron chi connectivity index (χ1n) is 14.1. The lowest BCUT2D eigenvalue weighted by Gasteiger charge is -2.30. The fourth-order valence-electron chi connectivity index (χ4n) is 5.18. The number of benzene rings is 1. The second-order valence-electron chi connectivity index (χ2n) is 10.3. The van der Waals surface area contributed by atoms with Gasteiger partial charge in [-0.05, 0) is 36.6 Å². The molecule has 0 aliphatic carbocycles. The standard InChI is InChI=1S/C30H32FN5O4S/c1-2-3-13-40-27-26(29-32-18-23(41-29)16-20-6-8-21(31)9-7-20)33-28-24(35-10-4-5-25(35)37)17-22(19-36(28)30(27)38)34-11-14-39-15-12-34/h6-9,17-19H,2-5,10-16H2,1H3. The van der Waals surface area contributed by atoms with Crippen LogP contribution in [-0.2, 0) is 16.0 Å². The molecule has 3 aromatic heterocycles. The topological polar surface area (TPSA) is 89.3 Å². The zero-order chi connectivity index (χ0) is 28.3. The number of rotatable bonds is 9. The van der Waals surface area contributed by atoms with Gasteiger partial charge >= 0.3 is 5.56 Å². The van der Waals surface area contributed by atoms with Crippen LogP contribution in [0.4, 0.5) is 15.8 Å². The highest BCUT2D eigenvalue weighted by molar-refractivity contribution is 7.15. The van der Waals surface area contributed by atoms with Crippen molar-refractivity contribution in [2.24, 2.45) is 0 Å². The van der Waals surface area contributed by atoms with Gasteiger partial charge in [0.2, 0.25) is 11.7 Å². The van der Waals surface area contributed by atoms with Crippen molar-refractivity contribution in [2.75, 3.05) is 49.3 Å². The Labute approximate surface area is 241 Å². The fraction of sp³-hybridized carbons (Fsp3) is 0.400. The maximum absolute atomic E-state index is 14.1. The average Bonchev–Trinajstić information content (AvgIpc) is 3.64. The van der Waals surface area contributed by atoms with Gasteiger partial charge in [0, 0.05) is 49.7 Å². The summed E-state index contributed by atoms with van der Waals surface area (Å²) >= 11 is 1.42. The second kappa shape index (κ2) is 12.0. The molecule has 6 rings (SSSR count). The molecule has 1 aromatic carbocycles. The van der Waals surface area contributed by atoms with Crippen molar-refractivity contribution in [2.45, 2.75) is 39.0 Å². The normalized spacial score (nSPS) is 15.7. The van der Waals surface area contributed by atoms with Crippen LogP contribution < -0.4 is 20.1 Å². The molecule has 2 saturated heterocycles. The largest absolute Gasteiger partial charge is 0.486 e. The molecule has 214 valence electrons. The van der Waals surface area contributed by atoms with Crippen LogP contribution in [0.1, 0.15) is 43.0 Å². The first-order chi connectivity index (χ1) is 20.0. The number of hydrogen-bond acceptors (Lipinski definition) is 8. The highest BCUT2D eigenvalue weighted by Gasteiger charge is 2.28. The number of aromatic nitrogens is 3. The van der Waals surface area contributed by atoms with E-state index in [0.717, 1.165) is 35.4 Å². The Morgan fingerprint density at radius 1 is 1.12 bits per heavy atom. The van der Waals surface area contributed by atoms with Crippen molar-refractivity contribution in [3.8, 4) is 16.5 Å². The summed E-state index contributed by atoms with van der Waals surface area (Å²) in [5.74, 6) is -0.116. The third-order valence-corrected chi connectivity index (χ3v) is 8.39. The van der Waals surface area contributed by atoms with E-state index in [2.05, 4.69) is 16.8 Å². The van der Waals surface area contributed by atoms with Gasteiger partial charge in [0.05, 0.1) is 31.2 Å². The van der Waals surface area contributed by atoms with E-state index in [-0.39, 0.29) is 23.0 Å². The molecule has 0 saturated carbocycles. The van der Waals surface area contributed by atoms with Crippen molar-refractivity contribution >= 4 is 34.3 Å². The molecule has 2 aliphatic rings. The lowest BCUT2D eigenvalue weighted by molar-refractivity contribution is -0.117. The number of hydrogen-bond donors (Lipinski definition) is 0. The first-order valence-corrected chi connectivity index (χ1v) is 14.9. The number of morpholine rings is 1. The van der Waals surface area contributed by atoms with E-state index in [1.807, 2.05) is 6.07 Å². The highest BCUT2D eigenvalue weighted by Crippen LogP contribution is 2.35. The Morgan fingerprint density at radius 3 is 2.66 bits per heavy atom. The number of thiazole rings is 1. The van der Waals surface area contributed by atoms with Crippen molar-refractivity contribution in [1.82, 2.24) is 14.4 Å². The van der Waals surface area contributed by atoms with Gasteiger partial charge in [-0.1, -0.05) is 25.5 Å². The molecule has 0 spiro atoms. The molecule has 5 heterocycles. The van der Waals surface area contributed by atoms with E-state index in [1.165, 1.54) is 27.9 Å². The molecule has 4 aromatic rings. The van der Waals surface area contributed by atoms with Crippen LogP contribution in [0.2, 0.25) is 0 Å². The number of carbonyl (C=O) groups is 1. The Kier molecular flexibility index (Phi) is 7.97. The predicted molar refractivity (Wildman–Crippen MR) is 157 cm³/mol. The van der Waals surface area contributed by atoms with Gasteiger partial charge in [-0.25, -0.2) is 14.4 Å². The van der Waals surface area contributed by atoms with E-state index >= 15 is 0 Å². The number of fused-ring (bicyclic) bond motifs is 1. The number of nitrogens with zero attached hydrogens (tertiary/aromatic N) is 5. The molecule has 41 heavy (non-hydrogen) atoms.